The molecular formula is C8H16N4O. The van der Waals surface area contributed by atoms with Gasteiger partial charge in [-0.25, -0.2) is 0 Å². The predicted molar refractivity (Wildman–Crippen MR) is 49.1 cm³/mol. The summed E-state index contributed by atoms with van der Waals surface area (Å²) in [6.45, 7) is 5.90. The average Bonchev–Trinajstić information content (AvgIpc) is 2.51. The molecule has 5 nitrogen and oxygen atoms in total. The monoisotopic (exact) mass is 184 g/mol. The Labute approximate surface area is 77.8 Å². The van der Waals surface area contributed by atoms with Crippen LogP contribution >= 0.6 is 0 Å². The molecule has 1 heterocycles. The minimum atomic E-state index is -0.321. The molecule has 0 saturated heterocycles. The molecule has 0 spiro atoms. The normalized spacial score (nSPS) is 13.2. The molecule has 0 amide bonds. The van der Waals surface area contributed by atoms with Gasteiger partial charge in [0.25, 0.3) is 0 Å². The molecule has 1 aromatic heterocycles. The fraction of sp³-hybridized carbons (Fsp3) is 0.750. The van der Waals surface area contributed by atoms with E-state index in [4.69, 9.17) is 5.11 Å². The summed E-state index contributed by atoms with van der Waals surface area (Å²) in [5.41, 5.74) is 0. The minimum absolute atomic E-state index is 0.321. The highest BCUT2D eigenvalue weighted by molar-refractivity contribution is 4.84. The number of aromatic nitrogens is 3. The molecule has 0 aliphatic heterocycles. The molecule has 1 atom stereocenters. The summed E-state index contributed by atoms with van der Waals surface area (Å²) in [7, 11) is 0. The number of nitrogens with zero attached hydrogens (tertiary/aromatic N) is 3. The van der Waals surface area contributed by atoms with Crippen LogP contribution in [0.1, 0.15) is 19.7 Å². The van der Waals surface area contributed by atoms with E-state index < -0.39 is 0 Å². The Morgan fingerprint density at radius 2 is 2.46 bits per heavy atom. The van der Waals surface area contributed by atoms with E-state index in [-0.39, 0.29) is 6.10 Å². The summed E-state index contributed by atoms with van der Waals surface area (Å²) >= 11 is 0. The summed E-state index contributed by atoms with van der Waals surface area (Å²) in [4.78, 5) is 0. The van der Waals surface area contributed by atoms with E-state index in [9.17, 15) is 0 Å². The smallest absolute Gasteiger partial charge is 0.146 e. The van der Waals surface area contributed by atoms with E-state index in [1.165, 1.54) is 0 Å². The number of aryl methyl sites for hydroxylation is 1. The fourth-order valence-electron chi connectivity index (χ4n) is 1.07. The lowest BCUT2D eigenvalue weighted by molar-refractivity contribution is 0.190. The van der Waals surface area contributed by atoms with Crippen LogP contribution < -0.4 is 5.32 Å². The Hall–Kier alpha value is -0.940. The summed E-state index contributed by atoms with van der Waals surface area (Å²) in [6, 6.07) is 0. The third-order valence-electron chi connectivity index (χ3n) is 1.76. The standard InChI is InChI=1S/C8H16N4O/c1-3-12-6-10-11-8(12)5-9-4-7(2)13/h6-7,9,13H,3-5H2,1-2H3. The van der Waals surface area contributed by atoms with Gasteiger partial charge in [-0.2, -0.15) is 0 Å². The lowest BCUT2D eigenvalue weighted by Gasteiger charge is -2.06. The molecule has 2 N–H and O–H groups in total. The number of aliphatic hydroxyl groups is 1. The summed E-state index contributed by atoms with van der Waals surface area (Å²) in [5, 5.41) is 19.8. The van der Waals surface area contributed by atoms with Crippen molar-refractivity contribution in [2.24, 2.45) is 0 Å². The predicted octanol–water partition coefficient (Wildman–Crippen LogP) is -0.232. The number of rotatable bonds is 5. The molecule has 13 heavy (non-hydrogen) atoms. The SMILES string of the molecule is CCn1cnnc1CNCC(C)O. The summed E-state index contributed by atoms with van der Waals surface area (Å²) in [6.07, 6.45) is 1.39. The molecular weight excluding hydrogens is 168 g/mol. The van der Waals surface area contributed by atoms with Crippen LogP contribution in [0.2, 0.25) is 0 Å². The Morgan fingerprint density at radius 1 is 1.69 bits per heavy atom. The Bertz CT molecular complexity index is 246. The van der Waals surface area contributed by atoms with Gasteiger partial charge in [0.2, 0.25) is 0 Å². The molecule has 0 aliphatic rings. The summed E-state index contributed by atoms with van der Waals surface area (Å²) < 4.78 is 1.97. The van der Waals surface area contributed by atoms with Crippen LogP contribution in [0.25, 0.3) is 0 Å². The molecule has 0 aromatic carbocycles. The van der Waals surface area contributed by atoms with Crippen molar-refractivity contribution in [1.82, 2.24) is 20.1 Å². The molecule has 5 heteroatoms. The fourth-order valence-corrected chi connectivity index (χ4v) is 1.07. The van der Waals surface area contributed by atoms with Crippen LogP contribution in [-0.2, 0) is 13.1 Å². The van der Waals surface area contributed by atoms with Crippen molar-refractivity contribution >= 4 is 0 Å². The molecule has 74 valence electrons. The quantitative estimate of drug-likeness (QED) is 0.663. The lowest BCUT2D eigenvalue weighted by atomic mass is 10.4. The van der Waals surface area contributed by atoms with E-state index in [2.05, 4.69) is 15.5 Å². The second kappa shape index (κ2) is 4.94. The molecule has 0 aliphatic carbocycles. The van der Waals surface area contributed by atoms with Gasteiger partial charge in [-0.1, -0.05) is 0 Å². The van der Waals surface area contributed by atoms with E-state index in [0.717, 1.165) is 12.4 Å². The first kappa shape index (κ1) is 10.1. The van der Waals surface area contributed by atoms with Crippen molar-refractivity contribution in [1.29, 1.82) is 0 Å². The van der Waals surface area contributed by atoms with E-state index >= 15 is 0 Å². The third-order valence-corrected chi connectivity index (χ3v) is 1.76. The van der Waals surface area contributed by atoms with Crippen LogP contribution in [0.3, 0.4) is 0 Å². The Kier molecular flexibility index (Phi) is 3.85. The molecule has 0 saturated carbocycles. The zero-order valence-corrected chi connectivity index (χ0v) is 8.06. The van der Waals surface area contributed by atoms with Crippen molar-refractivity contribution in [3.63, 3.8) is 0 Å². The second-order valence-electron chi connectivity index (χ2n) is 3.01. The molecule has 0 fully saturated rings. The highest BCUT2D eigenvalue weighted by Crippen LogP contribution is 1.93. The van der Waals surface area contributed by atoms with Gasteiger partial charge in [-0.3, -0.25) is 0 Å². The van der Waals surface area contributed by atoms with Gasteiger partial charge in [0.1, 0.15) is 12.2 Å². The Balaban J connectivity index is 2.36. The third kappa shape index (κ3) is 3.12. The lowest BCUT2D eigenvalue weighted by Crippen LogP contribution is -2.25. The van der Waals surface area contributed by atoms with Crippen molar-refractivity contribution in [2.45, 2.75) is 33.0 Å². The number of aliphatic hydroxyl groups excluding tert-OH is 1. The maximum atomic E-state index is 9.00. The maximum Gasteiger partial charge on any atom is 0.146 e. The Morgan fingerprint density at radius 3 is 3.08 bits per heavy atom. The topological polar surface area (TPSA) is 63.0 Å². The van der Waals surface area contributed by atoms with Crippen molar-refractivity contribution in [3.8, 4) is 0 Å². The first-order chi connectivity index (χ1) is 6.24. The van der Waals surface area contributed by atoms with Crippen molar-refractivity contribution in [2.75, 3.05) is 6.54 Å². The van der Waals surface area contributed by atoms with E-state index in [1.807, 2.05) is 11.5 Å². The molecule has 0 bridgehead atoms. The van der Waals surface area contributed by atoms with Crippen LogP contribution in [0.5, 0.6) is 0 Å². The first-order valence-corrected chi connectivity index (χ1v) is 4.49. The molecule has 0 radical (unpaired) electrons. The number of nitrogens with one attached hydrogen (secondary N) is 1. The summed E-state index contributed by atoms with van der Waals surface area (Å²) in [5.74, 6) is 0.906. The van der Waals surface area contributed by atoms with Gasteiger partial charge in [0.15, 0.2) is 0 Å². The van der Waals surface area contributed by atoms with Crippen LogP contribution in [-0.4, -0.2) is 32.5 Å². The average molecular weight is 184 g/mol. The minimum Gasteiger partial charge on any atom is -0.392 e. The molecule has 1 unspecified atom stereocenters. The van der Waals surface area contributed by atoms with Crippen molar-refractivity contribution < 1.29 is 5.11 Å². The maximum absolute atomic E-state index is 9.00. The van der Waals surface area contributed by atoms with Crippen LogP contribution in [0, 0.1) is 0 Å². The van der Waals surface area contributed by atoms with E-state index in [1.54, 1.807) is 13.3 Å². The number of hydrogen-bond acceptors (Lipinski definition) is 4. The van der Waals surface area contributed by atoms with Gasteiger partial charge in [0, 0.05) is 13.1 Å². The van der Waals surface area contributed by atoms with Gasteiger partial charge < -0.3 is 15.0 Å². The number of hydrogen-bond donors (Lipinski definition) is 2. The van der Waals surface area contributed by atoms with Gasteiger partial charge in [-0.05, 0) is 13.8 Å². The highest BCUT2D eigenvalue weighted by atomic mass is 16.3. The zero-order chi connectivity index (χ0) is 9.68. The van der Waals surface area contributed by atoms with Gasteiger partial charge in [-0.15, -0.1) is 10.2 Å². The molecule has 1 aromatic rings. The van der Waals surface area contributed by atoms with Crippen LogP contribution in [0.15, 0.2) is 6.33 Å². The van der Waals surface area contributed by atoms with Crippen LogP contribution in [0.4, 0.5) is 0 Å². The largest absolute Gasteiger partial charge is 0.392 e. The van der Waals surface area contributed by atoms with Crippen molar-refractivity contribution in [3.05, 3.63) is 12.2 Å². The molecule has 1 rings (SSSR count). The van der Waals surface area contributed by atoms with Gasteiger partial charge in [0.05, 0.1) is 12.6 Å². The zero-order valence-electron chi connectivity index (χ0n) is 8.06. The first-order valence-electron chi connectivity index (χ1n) is 4.49. The van der Waals surface area contributed by atoms with E-state index in [0.29, 0.717) is 13.1 Å². The second-order valence-corrected chi connectivity index (χ2v) is 3.01. The van der Waals surface area contributed by atoms with Gasteiger partial charge >= 0.3 is 0 Å². The highest BCUT2D eigenvalue weighted by Gasteiger charge is 2.01.